The second-order valence-electron chi connectivity index (χ2n) is 5.81. The molecule has 2 unspecified atom stereocenters. The number of hydrogen-bond donors (Lipinski definition) is 1. The van der Waals surface area contributed by atoms with Crippen molar-refractivity contribution in [2.45, 2.75) is 31.6 Å². The molecule has 0 fully saturated rings. The fraction of sp³-hybridized carbons (Fsp3) is 0.294. The number of phenols is 1. The molecule has 3 heteroatoms. The number of hydrogen-bond acceptors (Lipinski definition) is 3. The molecule has 5 rings (SSSR count). The van der Waals surface area contributed by atoms with Crippen LogP contribution in [-0.4, -0.2) is 5.11 Å². The van der Waals surface area contributed by atoms with Crippen LogP contribution in [-0.2, 0) is 0 Å². The SMILES string of the molecule is CC1=CC2CCC1c1c2c(O)c2ccccc2c1N=O. The minimum atomic E-state index is 0.222. The van der Waals surface area contributed by atoms with Crippen molar-refractivity contribution in [3.05, 3.63) is 51.9 Å². The Labute approximate surface area is 116 Å². The summed E-state index contributed by atoms with van der Waals surface area (Å²) in [6, 6.07) is 7.49. The summed E-state index contributed by atoms with van der Waals surface area (Å²) < 4.78 is 0. The number of fused-ring (bicyclic) bond motifs is 2. The number of nitroso groups, excluding NO2 is 1. The molecule has 0 amide bonds. The maximum absolute atomic E-state index is 11.4. The predicted molar refractivity (Wildman–Crippen MR) is 79.5 cm³/mol. The van der Waals surface area contributed by atoms with E-state index in [-0.39, 0.29) is 11.8 Å². The van der Waals surface area contributed by atoms with Crippen molar-refractivity contribution in [1.29, 1.82) is 0 Å². The minimum Gasteiger partial charge on any atom is -0.507 e. The van der Waals surface area contributed by atoms with Crippen LogP contribution in [0.1, 0.15) is 42.7 Å². The molecule has 0 spiro atoms. The maximum atomic E-state index is 11.4. The molecule has 100 valence electrons. The zero-order valence-electron chi connectivity index (χ0n) is 11.3. The molecule has 0 radical (unpaired) electrons. The molecule has 0 saturated carbocycles. The summed E-state index contributed by atoms with van der Waals surface area (Å²) >= 11 is 0. The third-order valence-electron chi connectivity index (χ3n) is 4.83. The van der Waals surface area contributed by atoms with Gasteiger partial charge >= 0.3 is 0 Å². The first kappa shape index (κ1) is 11.6. The minimum absolute atomic E-state index is 0.222. The van der Waals surface area contributed by atoms with E-state index in [0.29, 0.717) is 11.4 Å². The maximum Gasteiger partial charge on any atom is 0.127 e. The molecular formula is C17H15NO2. The van der Waals surface area contributed by atoms with E-state index in [0.717, 1.165) is 34.7 Å². The van der Waals surface area contributed by atoms with Crippen LogP contribution in [0.2, 0.25) is 0 Å². The Hall–Kier alpha value is -2.16. The fourth-order valence-corrected chi connectivity index (χ4v) is 3.96. The van der Waals surface area contributed by atoms with Crippen LogP contribution in [0.15, 0.2) is 41.1 Å². The summed E-state index contributed by atoms with van der Waals surface area (Å²) in [7, 11) is 0. The largest absolute Gasteiger partial charge is 0.507 e. The Balaban J connectivity index is 2.19. The first-order valence-corrected chi connectivity index (χ1v) is 7.01. The first-order chi connectivity index (χ1) is 9.72. The fourth-order valence-electron chi connectivity index (χ4n) is 3.96. The number of benzene rings is 2. The third kappa shape index (κ3) is 1.30. The summed E-state index contributed by atoms with van der Waals surface area (Å²) in [6.45, 7) is 2.11. The molecule has 0 aliphatic heterocycles. The average Bonchev–Trinajstić information content (AvgIpc) is 2.48. The Kier molecular flexibility index (Phi) is 2.28. The molecule has 2 atom stereocenters. The van der Waals surface area contributed by atoms with E-state index in [9.17, 15) is 10.0 Å². The number of aromatic hydroxyl groups is 1. The van der Waals surface area contributed by atoms with Gasteiger partial charge in [-0.05, 0) is 30.5 Å². The van der Waals surface area contributed by atoms with Crippen LogP contribution in [0.5, 0.6) is 5.75 Å². The zero-order valence-corrected chi connectivity index (χ0v) is 11.3. The third-order valence-corrected chi connectivity index (χ3v) is 4.83. The molecule has 20 heavy (non-hydrogen) atoms. The number of nitrogens with zero attached hydrogens (tertiary/aromatic N) is 1. The van der Waals surface area contributed by atoms with Crippen LogP contribution in [0.25, 0.3) is 10.8 Å². The van der Waals surface area contributed by atoms with Gasteiger partial charge in [0.05, 0.1) is 0 Å². The second-order valence-corrected chi connectivity index (χ2v) is 5.81. The lowest BCUT2D eigenvalue weighted by atomic mass is 9.66. The van der Waals surface area contributed by atoms with Gasteiger partial charge < -0.3 is 5.11 Å². The number of phenolic OH excluding ortho intramolecular Hbond substituents is 1. The number of rotatable bonds is 1. The summed E-state index contributed by atoms with van der Waals surface area (Å²) in [6.07, 6.45) is 4.32. The highest BCUT2D eigenvalue weighted by Crippen LogP contribution is 2.57. The Morgan fingerprint density at radius 2 is 1.90 bits per heavy atom. The highest BCUT2D eigenvalue weighted by Gasteiger charge is 2.37. The smallest absolute Gasteiger partial charge is 0.127 e. The van der Waals surface area contributed by atoms with Crippen molar-refractivity contribution >= 4 is 16.5 Å². The van der Waals surface area contributed by atoms with Gasteiger partial charge in [0.1, 0.15) is 11.4 Å². The monoisotopic (exact) mass is 265 g/mol. The topological polar surface area (TPSA) is 49.7 Å². The lowest BCUT2D eigenvalue weighted by molar-refractivity contribution is 0.449. The van der Waals surface area contributed by atoms with E-state index >= 15 is 0 Å². The molecule has 2 bridgehead atoms. The highest BCUT2D eigenvalue weighted by molar-refractivity contribution is 6.00. The molecular weight excluding hydrogens is 250 g/mol. The normalized spacial score (nSPS) is 23.6. The molecule has 3 nitrogen and oxygen atoms in total. The van der Waals surface area contributed by atoms with E-state index in [4.69, 9.17) is 0 Å². The van der Waals surface area contributed by atoms with Gasteiger partial charge in [-0.3, -0.25) is 0 Å². The quantitative estimate of drug-likeness (QED) is 0.591. The number of allylic oxidation sites excluding steroid dienone is 2. The van der Waals surface area contributed by atoms with Gasteiger partial charge in [0.25, 0.3) is 0 Å². The standard InChI is InChI=1S/C17H15NO2/c1-9-8-10-6-7-11(9)15-14(10)17(19)13-5-3-2-4-12(13)16(15)18-20/h2-5,8,10-11,19H,6-7H2,1H3. The van der Waals surface area contributed by atoms with E-state index in [1.807, 2.05) is 24.3 Å². The zero-order chi connectivity index (χ0) is 13.9. The van der Waals surface area contributed by atoms with Gasteiger partial charge in [0.15, 0.2) is 0 Å². The van der Waals surface area contributed by atoms with Gasteiger partial charge in [0.2, 0.25) is 0 Å². The van der Waals surface area contributed by atoms with Crippen molar-refractivity contribution in [2.24, 2.45) is 5.18 Å². The lowest BCUT2D eigenvalue weighted by Gasteiger charge is -2.38. The highest BCUT2D eigenvalue weighted by atomic mass is 16.3. The average molecular weight is 265 g/mol. The van der Waals surface area contributed by atoms with Crippen LogP contribution in [0.3, 0.4) is 0 Å². The van der Waals surface area contributed by atoms with Gasteiger partial charge in [-0.15, -0.1) is 4.91 Å². The van der Waals surface area contributed by atoms with Crippen molar-refractivity contribution in [3.8, 4) is 5.75 Å². The first-order valence-electron chi connectivity index (χ1n) is 7.01. The van der Waals surface area contributed by atoms with Crippen LogP contribution in [0.4, 0.5) is 5.69 Å². The van der Waals surface area contributed by atoms with Crippen LogP contribution in [0, 0.1) is 4.91 Å². The van der Waals surface area contributed by atoms with Gasteiger partial charge in [-0.1, -0.05) is 35.9 Å². The van der Waals surface area contributed by atoms with Crippen molar-refractivity contribution in [1.82, 2.24) is 0 Å². The molecule has 2 aromatic carbocycles. The summed E-state index contributed by atoms with van der Waals surface area (Å²) in [5, 5.41) is 15.5. The van der Waals surface area contributed by atoms with Gasteiger partial charge in [-0.25, -0.2) is 0 Å². The predicted octanol–water partition coefficient (Wildman–Crippen LogP) is 4.86. The Bertz CT molecular complexity index is 776. The molecule has 0 saturated heterocycles. The molecule has 2 aromatic rings. The summed E-state index contributed by atoms with van der Waals surface area (Å²) in [4.78, 5) is 11.4. The molecule has 3 aliphatic rings. The molecule has 1 N–H and O–H groups in total. The van der Waals surface area contributed by atoms with Crippen LogP contribution < -0.4 is 0 Å². The van der Waals surface area contributed by atoms with Crippen LogP contribution >= 0.6 is 0 Å². The lowest BCUT2D eigenvalue weighted by Crippen LogP contribution is -2.20. The molecule has 0 aromatic heterocycles. The van der Waals surface area contributed by atoms with Crippen molar-refractivity contribution in [2.75, 3.05) is 0 Å². The molecule has 0 heterocycles. The summed E-state index contributed by atoms with van der Waals surface area (Å²) in [5.41, 5.74) is 3.72. The van der Waals surface area contributed by atoms with Crippen molar-refractivity contribution in [3.63, 3.8) is 0 Å². The van der Waals surface area contributed by atoms with Gasteiger partial charge in [0, 0.05) is 28.2 Å². The van der Waals surface area contributed by atoms with E-state index in [1.54, 1.807) is 0 Å². The van der Waals surface area contributed by atoms with E-state index in [2.05, 4.69) is 18.2 Å². The van der Waals surface area contributed by atoms with Gasteiger partial charge in [-0.2, -0.15) is 0 Å². The second kappa shape index (κ2) is 3.92. The van der Waals surface area contributed by atoms with Crippen molar-refractivity contribution < 1.29 is 5.11 Å². The van der Waals surface area contributed by atoms with E-state index < -0.39 is 0 Å². The Morgan fingerprint density at radius 3 is 2.60 bits per heavy atom. The molecule has 3 aliphatic carbocycles. The van der Waals surface area contributed by atoms with E-state index in [1.165, 1.54) is 5.57 Å². The summed E-state index contributed by atoms with van der Waals surface area (Å²) in [5.74, 6) is 0.791. The Morgan fingerprint density at radius 1 is 1.15 bits per heavy atom.